The van der Waals surface area contributed by atoms with E-state index in [-0.39, 0.29) is 6.04 Å². The molecule has 0 radical (unpaired) electrons. The standard InChI is InChI=1S/C25H23ClN4S2/c26-19-9-7-18(8-10-19)21-14-16-31-25(29-21)28-20-11-5-17(6-12-20)13-15-27-24-30-22-3-1-2-4-23(22)32-24/h1-12,21H,13-16H2,(H,27,30)(H,28,29). The summed E-state index contributed by atoms with van der Waals surface area (Å²) in [7, 11) is 0. The zero-order valence-electron chi connectivity index (χ0n) is 17.4. The van der Waals surface area contributed by atoms with Crippen LogP contribution in [-0.4, -0.2) is 22.4 Å². The number of hydrogen-bond donors (Lipinski definition) is 2. The molecule has 2 heterocycles. The number of benzene rings is 3. The van der Waals surface area contributed by atoms with E-state index in [0.717, 1.165) is 51.7 Å². The SMILES string of the molecule is Clc1ccc(C2CCSC(Nc3ccc(CCNc4nc5ccccc5s4)cc3)=N2)cc1. The average molecular weight is 479 g/mol. The number of rotatable bonds is 6. The van der Waals surface area contributed by atoms with Gasteiger partial charge in [0, 0.05) is 23.0 Å². The maximum Gasteiger partial charge on any atom is 0.183 e. The Hall–Kier alpha value is -2.54. The Kier molecular flexibility index (Phi) is 6.62. The van der Waals surface area contributed by atoms with Crippen LogP contribution in [0, 0.1) is 0 Å². The number of anilines is 2. The lowest BCUT2D eigenvalue weighted by Crippen LogP contribution is -2.16. The summed E-state index contributed by atoms with van der Waals surface area (Å²) >= 11 is 9.49. The van der Waals surface area contributed by atoms with Gasteiger partial charge in [-0.25, -0.2) is 4.98 Å². The van der Waals surface area contributed by atoms with Gasteiger partial charge in [0.2, 0.25) is 0 Å². The molecule has 1 unspecified atom stereocenters. The second-order valence-electron chi connectivity index (χ2n) is 7.62. The molecule has 1 atom stereocenters. The van der Waals surface area contributed by atoms with E-state index in [2.05, 4.69) is 70.2 Å². The van der Waals surface area contributed by atoms with E-state index in [1.54, 1.807) is 23.1 Å². The first-order valence-electron chi connectivity index (χ1n) is 10.6. The minimum Gasteiger partial charge on any atom is -0.361 e. The summed E-state index contributed by atoms with van der Waals surface area (Å²) in [6.07, 6.45) is 1.99. The summed E-state index contributed by atoms with van der Waals surface area (Å²) in [4.78, 5) is 9.54. The quantitative estimate of drug-likeness (QED) is 0.306. The Balaban J connectivity index is 1.16. The van der Waals surface area contributed by atoms with E-state index in [1.807, 2.05) is 18.2 Å². The fraction of sp³-hybridized carbons (Fsp3) is 0.200. The lowest BCUT2D eigenvalue weighted by Gasteiger charge is -2.21. The minimum atomic E-state index is 0.184. The van der Waals surface area contributed by atoms with Crippen LogP contribution in [0.5, 0.6) is 0 Å². The smallest absolute Gasteiger partial charge is 0.183 e. The number of nitrogens with zero attached hydrogens (tertiary/aromatic N) is 2. The molecule has 0 saturated heterocycles. The predicted octanol–water partition coefficient (Wildman–Crippen LogP) is 7.25. The van der Waals surface area contributed by atoms with Crippen LogP contribution in [0.4, 0.5) is 10.8 Å². The second kappa shape index (κ2) is 9.94. The molecule has 5 rings (SSSR count). The fourth-order valence-corrected chi connectivity index (χ4v) is 5.59. The van der Waals surface area contributed by atoms with Crippen LogP contribution in [0.15, 0.2) is 77.8 Å². The molecule has 0 amide bonds. The van der Waals surface area contributed by atoms with Gasteiger partial charge < -0.3 is 10.6 Å². The molecule has 0 fully saturated rings. The minimum absolute atomic E-state index is 0.184. The topological polar surface area (TPSA) is 49.3 Å². The third-order valence-electron chi connectivity index (χ3n) is 5.35. The van der Waals surface area contributed by atoms with Gasteiger partial charge in [0.15, 0.2) is 10.3 Å². The highest BCUT2D eigenvalue weighted by Gasteiger charge is 2.17. The van der Waals surface area contributed by atoms with Crippen molar-refractivity contribution in [1.29, 1.82) is 0 Å². The number of nitrogens with one attached hydrogen (secondary N) is 2. The third-order valence-corrected chi connectivity index (χ3v) is 7.51. The van der Waals surface area contributed by atoms with Gasteiger partial charge in [0.05, 0.1) is 16.3 Å². The number of halogens is 1. The summed E-state index contributed by atoms with van der Waals surface area (Å²) in [5, 5.41) is 9.64. The van der Waals surface area contributed by atoms with Crippen molar-refractivity contribution in [3.8, 4) is 0 Å². The maximum absolute atomic E-state index is 6.02. The number of thiazole rings is 1. The van der Waals surface area contributed by atoms with Crippen LogP contribution in [0.3, 0.4) is 0 Å². The Labute approximate surface area is 201 Å². The summed E-state index contributed by atoms with van der Waals surface area (Å²) in [5.41, 5.74) is 4.62. The molecule has 0 bridgehead atoms. The normalized spacial score (nSPS) is 16.0. The molecule has 1 aromatic heterocycles. The van der Waals surface area contributed by atoms with Crippen molar-refractivity contribution < 1.29 is 0 Å². The van der Waals surface area contributed by atoms with Gasteiger partial charge >= 0.3 is 0 Å². The highest BCUT2D eigenvalue weighted by Crippen LogP contribution is 2.31. The second-order valence-corrected chi connectivity index (χ2v) is 10.2. The molecule has 1 aliphatic heterocycles. The number of para-hydroxylation sites is 1. The Morgan fingerprint density at radius 3 is 2.59 bits per heavy atom. The molecule has 4 nitrogen and oxygen atoms in total. The van der Waals surface area contributed by atoms with Gasteiger partial charge in [-0.05, 0) is 60.4 Å². The molecule has 3 aromatic carbocycles. The lowest BCUT2D eigenvalue weighted by atomic mass is 10.1. The average Bonchev–Trinajstić information content (AvgIpc) is 3.24. The van der Waals surface area contributed by atoms with Crippen LogP contribution in [0.2, 0.25) is 5.02 Å². The van der Waals surface area contributed by atoms with E-state index >= 15 is 0 Å². The van der Waals surface area contributed by atoms with E-state index in [1.165, 1.54) is 15.8 Å². The molecule has 1 aliphatic rings. The summed E-state index contributed by atoms with van der Waals surface area (Å²) in [5.74, 6) is 1.05. The molecule has 4 aromatic rings. The molecule has 32 heavy (non-hydrogen) atoms. The molecule has 0 saturated carbocycles. The van der Waals surface area contributed by atoms with Gasteiger partial charge in [-0.15, -0.1) is 0 Å². The number of aliphatic imine (C=N–C) groups is 1. The highest BCUT2D eigenvalue weighted by molar-refractivity contribution is 8.14. The largest absolute Gasteiger partial charge is 0.361 e. The highest BCUT2D eigenvalue weighted by atomic mass is 35.5. The lowest BCUT2D eigenvalue weighted by molar-refractivity contribution is 0.705. The van der Waals surface area contributed by atoms with Crippen LogP contribution in [0.25, 0.3) is 10.2 Å². The number of thioether (sulfide) groups is 1. The van der Waals surface area contributed by atoms with Crippen molar-refractivity contribution in [2.45, 2.75) is 18.9 Å². The van der Waals surface area contributed by atoms with Gasteiger partial charge in [0.1, 0.15) is 0 Å². The van der Waals surface area contributed by atoms with Crippen molar-refractivity contribution in [2.75, 3.05) is 22.9 Å². The van der Waals surface area contributed by atoms with Gasteiger partial charge in [-0.3, -0.25) is 4.99 Å². The fourth-order valence-electron chi connectivity index (χ4n) is 3.64. The van der Waals surface area contributed by atoms with Crippen molar-refractivity contribution >= 4 is 60.9 Å². The Bertz CT molecular complexity index is 1190. The summed E-state index contributed by atoms with van der Waals surface area (Å²) < 4.78 is 1.22. The first-order chi connectivity index (χ1) is 15.7. The van der Waals surface area contributed by atoms with Crippen LogP contribution in [0.1, 0.15) is 23.6 Å². The van der Waals surface area contributed by atoms with E-state index in [9.17, 15) is 0 Å². The number of amidine groups is 1. The monoisotopic (exact) mass is 478 g/mol. The van der Waals surface area contributed by atoms with Crippen molar-refractivity contribution in [1.82, 2.24) is 4.98 Å². The Morgan fingerprint density at radius 1 is 0.969 bits per heavy atom. The molecular formula is C25H23ClN4S2. The van der Waals surface area contributed by atoms with E-state index < -0.39 is 0 Å². The van der Waals surface area contributed by atoms with Crippen molar-refractivity contribution in [3.63, 3.8) is 0 Å². The molecule has 0 aliphatic carbocycles. The summed E-state index contributed by atoms with van der Waals surface area (Å²) in [6, 6.07) is 25.0. The maximum atomic E-state index is 6.02. The van der Waals surface area contributed by atoms with Gasteiger partial charge in [0.25, 0.3) is 0 Å². The van der Waals surface area contributed by atoms with Crippen LogP contribution in [-0.2, 0) is 6.42 Å². The first kappa shape index (κ1) is 21.3. The van der Waals surface area contributed by atoms with E-state index in [4.69, 9.17) is 16.6 Å². The third kappa shape index (κ3) is 5.26. The predicted molar refractivity (Wildman–Crippen MR) is 141 cm³/mol. The molecular weight excluding hydrogens is 456 g/mol. The van der Waals surface area contributed by atoms with Gasteiger partial charge in [-0.2, -0.15) is 0 Å². The zero-order valence-corrected chi connectivity index (χ0v) is 19.8. The Morgan fingerprint density at radius 2 is 1.78 bits per heavy atom. The molecule has 162 valence electrons. The summed E-state index contributed by atoms with van der Waals surface area (Å²) in [6.45, 7) is 0.859. The van der Waals surface area contributed by atoms with E-state index in [0.29, 0.717) is 0 Å². The van der Waals surface area contributed by atoms with Crippen LogP contribution >= 0.6 is 34.7 Å². The number of fused-ring (bicyclic) bond motifs is 1. The molecule has 2 N–H and O–H groups in total. The van der Waals surface area contributed by atoms with Crippen molar-refractivity contribution in [2.24, 2.45) is 4.99 Å². The van der Waals surface area contributed by atoms with Gasteiger partial charge in [-0.1, -0.05) is 71.1 Å². The number of hydrogen-bond acceptors (Lipinski definition) is 6. The zero-order chi connectivity index (χ0) is 21.8. The molecule has 0 spiro atoms. The van der Waals surface area contributed by atoms with Crippen LogP contribution < -0.4 is 10.6 Å². The molecule has 7 heteroatoms. The first-order valence-corrected chi connectivity index (χ1v) is 12.8. The van der Waals surface area contributed by atoms with Crippen molar-refractivity contribution in [3.05, 3.63) is 88.9 Å². The number of aromatic nitrogens is 1.